The second kappa shape index (κ2) is 23.1. The Kier molecular flexibility index (Phi) is 13.2. The molecule has 0 fully saturated rings. The Balaban J connectivity index is 0.696. The molecule has 6 aliphatic rings. The first-order chi connectivity index (χ1) is 54.1. The monoisotopic (exact) mass is 1400 g/mol. The summed E-state index contributed by atoms with van der Waals surface area (Å²) in [4.78, 5) is 5.09. The SMILES string of the molecule is CC1(C)c2ccccc2-c2ccc(N(c3ccc4c(c3)C(C)(C)c3ccccc3-4)c3ccc(-c4ccc5c(c4)-c4ccccc4C54c5ccccc5-c5ccc(N(c6ccc(-c7ccccc7-c7ccccc7)cc6)c6ccc7c(c6)C6(c8ccccc8-c8ccccc86)c6ccccc6-7)cc54)c4ccccc34)cc21. The highest BCUT2D eigenvalue weighted by Crippen LogP contribution is 2.67. The largest absolute Gasteiger partial charge is 0.310 e. The third kappa shape index (κ3) is 8.43. The van der Waals surface area contributed by atoms with E-state index in [9.17, 15) is 0 Å². The summed E-state index contributed by atoms with van der Waals surface area (Å²) >= 11 is 0. The van der Waals surface area contributed by atoms with E-state index >= 15 is 0 Å². The van der Waals surface area contributed by atoms with E-state index < -0.39 is 10.8 Å². The fraction of sp³-hybridized carbons (Fsp3) is 0.0741. The summed E-state index contributed by atoms with van der Waals surface area (Å²) in [6.07, 6.45) is 0. The van der Waals surface area contributed by atoms with Crippen molar-refractivity contribution < 1.29 is 0 Å². The number of fused-ring (bicyclic) bond motifs is 27. The van der Waals surface area contributed by atoms with Gasteiger partial charge in [0.05, 0.1) is 16.5 Å². The fourth-order valence-corrected chi connectivity index (χ4v) is 21.3. The van der Waals surface area contributed by atoms with Gasteiger partial charge in [-0.2, -0.15) is 0 Å². The van der Waals surface area contributed by atoms with E-state index in [0.29, 0.717) is 0 Å². The van der Waals surface area contributed by atoms with Crippen LogP contribution in [-0.4, -0.2) is 0 Å². The zero-order valence-electron chi connectivity index (χ0n) is 61.7. The second-order valence-electron chi connectivity index (χ2n) is 32.1. The third-order valence-electron chi connectivity index (χ3n) is 26.1. The average Bonchev–Trinajstić information content (AvgIpc) is 1.51. The maximum atomic E-state index is 2.56. The first-order valence-corrected chi connectivity index (χ1v) is 38.9. The lowest BCUT2D eigenvalue weighted by molar-refractivity contribution is 0.660. The minimum Gasteiger partial charge on any atom is -0.310 e. The summed E-state index contributed by atoms with van der Waals surface area (Å²) < 4.78 is 0. The van der Waals surface area contributed by atoms with E-state index in [0.717, 1.165) is 34.1 Å². The molecule has 1 unspecified atom stereocenters. The smallest absolute Gasteiger partial charge is 0.0726 e. The highest BCUT2D eigenvalue weighted by atomic mass is 15.2. The number of nitrogens with zero attached hydrogens (tertiary/aromatic N) is 2. The molecule has 2 heteroatoms. The van der Waals surface area contributed by atoms with Crippen LogP contribution < -0.4 is 9.80 Å². The summed E-state index contributed by atoms with van der Waals surface area (Å²) in [5.41, 5.74) is 43.7. The van der Waals surface area contributed by atoms with Crippen LogP contribution in [0.2, 0.25) is 0 Å². The maximum Gasteiger partial charge on any atom is 0.0726 e. The molecule has 0 radical (unpaired) electrons. The van der Waals surface area contributed by atoms with Crippen LogP contribution in [0.1, 0.15) is 94.5 Å². The number of hydrogen-bond donors (Lipinski definition) is 0. The van der Waals surface area contributed by atoms with E-state index in [1.54, 1.807) is 0 Å². The van der Waals surface area contributed by atoms with Crippen molar-refractivity contribution in [1.29, 1.82) is 0 Å². The van der Waals surface area contributed by atoms with E-state index in [-0.39, 0.29) is 10.8 Å². The van der Waals surface area contributed by atoms with Crippen LogP contribution in [0.3, 0.4) is 0 Å². The Morgan fingerprint density at radius 1 is 0.164 bits per heavy atom. The lowest BCUT2D eigenvalue weighted by Crippen LogP contribution is -2.26. The normalized spacial score (nSPS) is 15.5. The molecule has 0 amide bonds. The second-order valence-corrected chi connectivity index (χ2v) is 32.1. The molecule has 2 nitrogen and oxygen atoms in total. The van der Waals surface area contributed by atoms with Crippen molar-refractivity contribution in [3.05, 3.63) is 443 Å². The van der Waals surface area contributed by atoms with Crippen molar-refractivity contribution in [3.63, 3.8) is 0 Å². The average molecular weight is 1400 g/mol. The van der Waals surface area contributed by atoms with Crippen LogP contribution in [0.5, 0.6) is 0 Å². The van der Waals surface area contributed by atoms with Crippen LogP contribution in [0.15, 0.2) is 376 Å². The van der Waals surface area contributed by atoms with Gasteiger partial charge in [-0.05, 0) is 245 Å². The fourth-order valence-electron chi connectivity index (χ4n) is 21.3. The predicted octanol–water partition coefficient (Wildman–Crippen LogP) is 28.1. The molecule has 0 N–H and O–H groups in total. The van der Waals surface area contributed by atoms with Crippen LogP contribution >= 0.6 is 0 Å². The summed E-state index contributed by atoms with van der Waals surface area (Å²) in [6.45, 7) is 9.57. The first kappa shape index (κ1) is 62.8. The molecular weight excluding hydrogens is 1330 g/mol. The van der Waals surface area contributed by atoms with Gasteiger partial charge < -0.3 is 9.80 Å². The van der Waals surface area contributed by atoms with Gasteiger partial charge in [0.15, 0.2) is 0 Å². The maximum absolute atomic E-state index is 2.56. The summed E-state index contributed by atoms with van der Waals surface area (Å²) in [7, 11) is 0. The molecule has 110 heavy (non-hydrogen) atoms. The van der Waals surface area contributed by atoms with Crippen molar-refractivity contribution >= 4 is 44.9 Å². The molecule has 23 rings (SSSR count). The van der Waals surface area contributed by atoms with Gasteiger partial charge in [-0.3, -0.25) is 0 Å². The molecule has 0 bridgehead atoms. The van der Waals surface area contributed by atoms with Gasteiger partial charge in [-0.15, -0.1) is 0 Å². The molecule has 0 aromatic heterocycles. The van der Waals surface area contributed by atoms with Crippen molar-refractivity contribution in [2.45, 2.75) is 49.4 Å². The number of hydrogen-bond acceptors (Lipinski definition) is 2. The van der Waals surface area contributed by atoms with Gasteiger partial charge >= 0.3 is 0 Å². The third-order valence-corrected chi connectivity index (χ3v) is 26.1. The molecule has 2 spiro atoms. The van der Waals surface area contributed by atoms with Crippen LogP contribution in [0.4, 0.5) is 34.1 Å². The van der Waals surface area contributed by atoms with E-state index in [1.165, 1.54) is 178 Å². The molecular formula is C108H74N2. The van der Waals surface area contributed by atoms with Gasteiger partial charge in [-0.1, -0.05) is 331 Å². The van der Waals surface area contributed by atoms with Crippen molar-refractivity contribution in [2.24, 2.45) is 0 Å². The molecule has 1 atom stereocenters. The quantitative estimate of drug-likeness (QED) is 0.142. The molecule has 516 valence electrons. The predicted molar refractivity (Wildman–Crippen MR) is 457 cm³/mol. The summed E-state index contributed by atoms with van der Waals surface area (Å²) in [5, 5.41) is 2.40. The van der Waals surface area contributed by atoms with Crippen molar-refractivity contribution in [3.8, 4) is 100 Å². The van der Waals surface area contributed by atoms with Crippen molar-refractivity contribution in [2.75, 3.05) is 9.80 Å². The Morgan fingerprint density at radius 2 is 0.455 bits per heavy atom. The summed E-state index contributed by atoms with van der Waals surface area (Å²) in [5.74, 6) is 0. The highest BCUT2D eigenvalue weighted by molar-refractivity contribution is 6.08. The Bertz CT molecular complexity index is 6630. The zero-order chi connectivity index (χ0) is 72.9. The molecule has 6 aliphatic carbocycles. The van der Waals surface area contributed by atoms with Crippen LogP contribution in [0.25, 0.3) is 111 Å². The number of benzene rings is 17. The zero-order valence-corrected chi connectivity index (χ0v) is 61.7. The minimum atomic E-state index is -0.645. The van der Waals surface area contributed by atoms with Gasteiger partial charge in [0.1, 0.15) is 0 Å². The summed E-state index contributed by atoms with van der Waals surface area (Å²) in [6, 6.07) is 144. The number of rotatable bonds is 9. The van der Waals surface area contributed by atoms with Gasteiger partial charge in [0.2, 0.25) is 0 Å². The lowest BCUT2D eigenvalue weighted by Gasteiger charge is -2.33. The van der Waals surface area contributed by atoms with E-state index in [2.05, 4.69) is 414 Å². The van der Waals surface area contributed by atoms with Gasteiger partial charge in [-0.25, -0.2) is 0 Å². The lowest BCUT2D eigenvalue weighted by atomic mass is 9.70. The van der Waals surface area contributed by atoms with Crippen LogP contribution in [-0.2, 0) is 21.7 Å². The molecule has 17 aromatic rings. The molecule has 0 heterocycles. The highest BCUT2D eigenvalue weighted by Gasteiger charge is 2.54. The van der Waals surface area contributed by atoms with E-state index in [1.807, 2.05) is 0 Å². The van der Waals surface area contributed by atoms with E-state index in [4.69, 9.17) is 0 Å². The Labute approximate surface area is 642 Å². The Morgan fingerprint density at radius 3 is 0.900 bits per heavy atom. The standard InChI is InChI=1S/C108H74N2/c1-105(2)92-39-19-12-31-79(92)86-55-53-73(63-100(86)105)110(74-54-56-87-80-32-13-20-40-93(80)106(3,4)101(87)64-74)104-61-59-77(78-30-10-11-38-90(78)104)69-48-60-99-91(62-69)85-37-18-25-45-98(85)108(99)97-44-24-17-36-84(97)89-58-52-72(66-103(89)108)109(70-49-46-68(47-50-70)76-29-9-8-28-75(76)67-26-6-5-7-27-67)71-51-57-88-83-35-16-23-43-96(83)107(102(88)65-71)94-41-21-14-33-81(94)82-34-15-22-42-95(82)107/h5-66H,1-4H3. The topological polar surface area (TPSA) is 6.48 Å². The molecule has 0 saturated heterocycles. The molecule has 0 aliphatic heterocycles. The number of anilines is 6. The van der Waals surface area contributed by atoms with Gasteiger partial charge in [0, 0.05) is 44.7 Å². The van der Waals surface area contributed by atoms with Crippen LogP contribution in [0, 0.1) is 0 Å². The first-order valence-electron chi connectivity index (χ1n) is 38.9. The Hall–Kier alpha value is -13.4. The molecule has 17 aromatic carbocycles. The molecule has 0 saturated carbocycles. The van der Waals surface area contributed by atoms with Gasteiger partial charge in [0.25, 0.3) is 0 Å². The minimum absolute atomic E-state index is 0.181. The van der Waals surface area contributed by atoms with Crippen molar-refractivity contribution in [1.82, 2.24) is 0 Å².